The van der Waals surface area contributed by atoms with Gasteiger partial charge in [-0.15, -0.1) is 0 Å². The van der Waals surface area contributed by atoms with Gasteiger partial charge >= 0.3 is 0 Å². The molecule has 0 bridgehead atoms. The third kappa shape index (κ3) is 2.41. The number of amides is 1. The first kappa shape index (κ1) is 10.5. The molecule has 6 heteroatoms. The summed E-state index contributed by atoms with van der Waals surface area (Å²) in [7, 11) is -2.88. The van der Waals surface area contributed by atoms with E-state index in [1.165, 1.54) is 0 Å². The van der Waals surface area contributed by atoms with E-state index >= 15 is 0 Å². The van der Waals surface area contributed by atoms with E-state index in [0.717, 1.165) is 0 Å². The van der Waals surface area contributed by atoms with E-state index in [2.05, 4.69) is 0 Å². The number of carbonyl (C=O) groups is 1. The molecule has 1 atom stereocenters. The van der Waals surface area contributed by atoms with Crippen LogP contribution in [0.2, 0.25) is 0 Å². The predicted molar refractivity (Wildman–Crippen MR) is 48.5 cm³/mol. The summed E-state index contributed by atoms with van der Waals surface area (Å²) in [4.78, 5) is 10.6. The molecule has 1 amide bonds. The van der Waals surface area contributed by atoms with Crippen molar-refractivity contribution in [2.24, 2.45) is 17.4 Å². The lowest BCUT2D eigenvalue weighted by molar-refractivity contribution is -0.119. The average Bonchev–Trinajstić information content (AvgIpc) is 1.79. The Balaban J connectivity index is 2.58. The van der Waals surface area contributed by atoms with Crippen LogP contribution < -0.4 is 11.5 Å². The number of rotatable bonds is 3. The van der Waals surface area contributed by atoms with Gasteiger partial charge < -0.3 is 11.5 Å². The monoisotopic (exact) mass is 206 g/mol. The Morgan fingerprint density at radius 1 is 1.54 bits per heavy atom. The van der Waals surface area contributed by atoms with Gasteiger partial charge in [-0.2, -0.15) is 0 Å². The van der Waals surface area contributed by atoms with Gasteiger partial charge in [-0.1, -0.05) is 0 Å². The summed E-state index contributed by atoms with van der Waals surface area (Å²) in [6.45, 7) is 1.66. The smallest absolute Gasteiger partial charge is 0.219 e. The normalized spacial score (nSPS) is 26.0. The lowest BCUT2D eigenvalue weighted by Crippen LogP contribution is -2.57. The maximum Gasteiger partial charge on any atom is 0.219 e. The molecule has 13 heavy (non-hydrogen) atoms. The van der Waals surface area contributed by atoms with Crippen molar-refractivity contribution in [3.05, 3.63) is 0 Å². The summed E-state index contributed by atoms with van der Waals surface area (Å²) >= 11 is 0. The quantitative estimate of drug-likeness (QED) is 0.594. The molecule has 4 N–H and O–H groups in total. The fraction of sp³-hybridized carbons (Fsp3) is 0.857. The molecule has 0 aliphatic carbocycles. The Morgan fingerprint density at radius 2 is 2.00 bits per heavy atom. The van der Waals surface area contributed by atoms with Gasteiger partial charge in [-0.25, -0.2) is 8.42 Å². The van der Waals surface area contributed by atoms with Crippen LogP contribution in [0.15, 0.2) is 0 Å². The number of carbonyl (C=O) groups excluding carboxylic acids is 1. The molecule has 1 saturated heterocycles. The molecule has 1 aliphatic rings. The van der Waals surface area contributed by atoms with Crippen LogP contribution in [0.5, 0.6) is 0 Å². The van der Waals surface area contributed by atoms with Crippen molar-refractivity contribution >= 4 is 15.7 Å². The van der Waals surface area contributed by atoms with Crippen molar-refractivity contribution in [2.45, 2.75) is 18.9 Å². The Labute approximate surface area is 77.4 Å². The second-order valence-corrected chi connectivity index (χ2v) is 6.08. The SMILES string of the molecule is CC(N)(CC(N)=O)C1CS(=O)(=O)C1. The molecular formula is C7H14N2O3S. The maximum atomic E-state index is 10.9. The van der Waals surface area contributed by atoms with Gasteiger partial charge in [0.15, 0.2) is 9.84 Å². The molecule has 0 aromatic carbocycles. The van der Waals surface area contributed by atoms with E-state index in [1.807, 2.05) is 0 Å². The molecule has 1 heterocycles. The molecule has 1 rings (SSSR count). The van der Waals surface area contributed by atoms with Gasteiger partial charge in [0.2, 0.25) is 5.91 Å². The van der Waals surface area contributed by atoms with E-state index in [9.17, 15) is 13.2 Å². The number of primary amides is 1. The van der Waals surface area contributed by atoms with Gasteiger partial charge in [0.1, 0.15) is 0 Å². The zero-order valence-corrected chi connectivity index (χ0v) is 8.30. The van der Waals surface area contributed by atoms with Crippen molar-refractivity contribution in [1.29, 1.82) is 0 Å². The highest BCUT2D eigenvalue weighted by atomic mass is 32.2. The molecule has 0 spiro atoms. The summed E-state index contributed by atoms with van der Waals surface area (Å²) < 4.78 is 21.7. The van der Waals surface area contributed by atoms with Crippen molar-refractivity contribution in [3.63, 3.8) is 0 Å². The first-order valence-electron chi connectivity index (χ1n) is 4.00. The van der Waals surface area contributed by atoms with E-state index in [4.69, 9.17) is 11.5 Å². The van der Waals surface area contributed by atoms with Crippen LogP contribution in [-0.2, 0) is 14.6 Å². The molecule has 0 aromatic heterocycles. The van der Waals surface area contributed by atoms with Gasteiger partial charge in [0.05, 0.1) is 11.5 Å². The molecular weight excluding hydrogens is 192 g/mol. The topological polar surface area (TPSA) is 103 Å². The average molecular weight is 206 g/mol. The van der Waals surface area contributed by atoms with Gasteiger partial charge in [-0.3, -0.25) is 4.79 Å². The minimum absolute atomic E-state index is 0.0349. The van der Waals surface area contributed by atoms with Crippen LogP contribution in [-0.4, -0.2) is 31.4 Å². The minimum atomic E-state index is -2.88. The molecule has 0 aromatic rings. The summed E-state index contributed by atoms with van der Waals surface area (Å²) in [5.41, 5.74) is 9.99. The van der Waals surface area contributed by atoms with E-state index in [-0.39, 0.29) is 23.8 Å². The lowest BCUT2D eigenvalue weighted by Gasteiger charge is -2.38. The third-order valence-corrected chi connectivity index (χ3v) is 4.22. The third-order valence-electron chi connectivity index (χ3n) is 2.40. The fourth-order valence-corrected chi connectivity index (χ4v) is 3.35. The highest BCUT2D eigenvalue weighted by Crippen LogP contribution is 2.29. The van der Waals surface area contributed by atoms with Gasteiger partial charge in [0, 0.05) is 17.9 Å². The number of sulfone groups is 1. The van der Waals surface area contributed by atoms with E-state index in [1.54, 1.807) is 6.92 Å². The maximum absolute atomic E-state index is 10.9. The highest BCUT2D eigenvalue weighted by molar-refractivity contribution is 7.92. The standard InChI is InChI=1S/C7H14N2O3S/c1-7(9,2-6(8)10)5-3-13(11,12)4-5/h5H,2-4,9H2,1H3,(H2,8,10). The summed E-state index contributed by atoms with van der Waals surface area (Å²) in [6, 6.07) is 0. The number of hydrogen-bond acceptors (Lipinski definition) is 4. The first-order chi connectivity index (χ1) is 5.73. The molecule has 1 unspecified atom stereocenters. The lowest BCUT2D eigenvalue weighted by atomic mass is 9.85. The Bertz CT molecular complexity index is 309. The molecule has 76 valence electrons. The molecule has 0 radical (unpaired) electrons. The second kappa shape index (κ2) is 2.95. The molecule has 1 aliphatic heterocycles. The van der Waals surface area contributed by atoms with Crippen LogP contribution in [0.3, 0.4) is 0 Å². The molecule has 5 nitrogen and oxygen atoms in total. The Hall–Kier alpha value is -0.620. The van der Waals surface area contributed by atoms with Crippen LogP contribution >= 0.6 is 0 Å². The minimum Gasteiger partial charge on any atom is -0.370 e. The molecule has 0 saturated carbocycles. The highest BCUT2D eigenvalue weighted by Gasteiger charge is 2.44. The van der Waals surface area contributed by atoms with Crippen molar-refractivity contribution in [3.8, 4) is 0 Å². The molecule has 1 fully saturated rings. The number of hydrogen-bond donors (Lipinski definition) is 2. The Kier molecular flexibility index (Phi) is 2.38. The van der Waals surface area contributed by atoms with Crippen LogP contribution in [0, 0.1) is 5.92 Å². The Morgan fingerprint density at radius 3 is 2.31 bits per heavy atom. The van der Waals surface area contributed by atoms with Crippen LogP contribution in [0.4, 0.5) is 0 Å². The second-order valence-electron chi connectivity index (χ2n) is 3.92. The fourth-order valence-electron chi connectivity index (χ4n) is 1.46. The summed E-state index contributed by atoms with van der Waals surface area (Å²) in [5.74, 6) is -0.472. The zero-order valence-electron chi connectivity index (χ0n) is 7.49. The van der Waals surface area contributed by atoms with Crippen molar-refractivity contribution < 1.29 is 13.2 Å². The van der Waals surface area contributed by atoms with Crippen molar-refractivity contribution in [1.82, 2.24) is 0 Å². The summed E-state index contributed by atoms with van der Waals surface area (Å²) in [5, 5.41) is 0. The van der Waals surface area contributed by atoms with Crippen LogP contribution in [0.25, 0.3) is 0 Å². The zero-order chi connectivity index (χ0) is 10.3. The number of nitrogens with two attached hydrogens (primary N) is 2. The van der Waals surface area contributed by atoms with Gasteiger partial charge in [0.25, 0.3) is 0 Å². The van der Waals surface area contributed by atoms with E-state index < -0.39 is 21.3 Å². The summed E-state index contributed by atoms with van der Waals surface area (Å²) in [6.07, 6.45) is 0.0349. The largest absolute Gasteiger partial charge is 0.370 e. The van der Waals surface area contributed by atoms with Crippen LogP contribution in [0.1, 0.15) is 13.3 Å². The van der Waals surface area contributed by atoms with Crippen molar-refractivity contribution in [2.75, 3.05) is 11.5 Å². The van der Waals surface area contributed by atoms with Gasteiger partial charge in [-0.05, 0) is 6.92 Å². The van der Waals surface area contributed by atoms with E-state index in [0.29, 0.717) is 0 Å². The first-order valence-corrected chi connectivity index (χ1v) is 5.83. The predicted octanol–water partition coefficient (Wildman–Crippen LogP) is -1.38.